The molecule has 0 unspecified atom stereocenters. The first-order valence-corrected chi connectivity index (χ1v) is 8.26. The molecular formula is C21H30O2. The van der Waals surface area contributed by atoms with Gasteiger partial charge in [-0.25, -0.2) is 4.79 Å². The largest absolute Gasteiger partial charge is 0.466 e. The number of ether oxygens (including phenoxy) is 1. The van der Waals surface area contributed by atoms with Gasteiger partial charge in [0.2, 0.25) is 0 Å². The summed E-state index contributed by atoms with van der Waals surface area (Å²) in [5.74, 6) is -0.324. The van der Waals surface area contributed by atoms with E-state index in [4.69, 9.17) is 0 Å². The Balaban J connectivity index is 2.77. The van der Waals surface area contributed by atoms with Gasteiger partial charge in [-0.05, 0) is 56.6 Å². The van der Waals surface area contributed by atoms with Crippen molar-refractivity contribution >= 4 is 5.97 Å². The van der Waals surface area contributed by atoms with Gasteiger partial charge in [0.25, 0.3) is 0 Å². The third-order valence-electron chi connectivity index (χ3n) is 4.32. The molecule has 0 heterocycles. The van der Waals surface area contributed by atoms with Gasteiger partial charge in [-0.2, -0.15) is 0 Å². The molecule has 2 nitrogen and oxygen atoms in total. The van der Waals surface area contributed by atoms with Crippen LogP contribution in [0.1, 0.15) is 53.9 Å². The van der Waals surface area contributed by atoms with E-state index in [1.165, 1.54) is 49.2 Å². The number of allylic oxidation sites excluding steroid dienone is 9. The summed E-state index contributed by atoms with van der Waals surface area (Å²) in [5, 5.41) is 0. The maximum absolute atomic E-state index is 11.1. The summed E-state index contributed by atoms with van der Waals surface area (Å²) in [6.45, 7) is 10.9. The minimum atomic E-state index is -0.324. The first-order chi connectivity index (χ1) is 10.8. The average Bonchev–Trinajstić information content (AvgIpc) is 2.45. The van der Waals surface area contributed by atoms with Crippen molar-refractivity contribution in [3.8, 4) is 0 Å². The summed E-state index contributed by atoms with van der Waals surface area (Å²) >= 11 is 0. The molecule has 0 saturated carbocycles. The zero-order chi connectivity index (χ0) is 17.5. The summed E-state index contributed by atoms with van der Waals surface area (Å²) < 4.78 is 4.60. The molecular weight excluding hydrogens is 284 g/mol. The molecule has 0 spiro atoms. The Hall–Kier alpha value is -1.83. The van der Waals surface area contributed by atoms with E-state index in [1.54, 1.807) is 0 Å². The zero-order valence-corrected chi connectivity index (χ0v) is 15.4. The third kappa shape index (κ3) is 6.43. The van der Waals surface area contributed by atoms with Crippen LogP contribution in [0.3, 0.4) is 0 Å². The number of hydrogen-bond donors (Lipinski definition) is 0. The van der Waals surface area contributed by atoms with Crippen LogP contribution in [0.15, 0.2) is 58.7 Å². The van der Waals surface area contributed by atoms with E-state index in [1.807, 2.05) is 19.1 Å². The van der Waals surface area contributed by atoms with Crippen LogP contribution >= 0.6 is 0 Å². The highest BCUT2D eigenvalue weighted by Gasteiger charge is 2.26. The Morgan fingerprint density at radius 3 is 2.48 bits per heavy atom. The first kappa shape index (κ1) is 19.2. The second-order valence-corrected chi connectivity index (χ2v) is 6.95. The van der Waals surface area contributed by atoms with E-state index in [0.29, 0.717) is 0 Å². The number of methoxy groups -OCH3 is 1. The Bertz CT molecular complexity index is 581. The van der Waals surface area contributed by atoms with Crippen LogP contribution < -0.4 is 0 Å². The molecule has 0 aromatic heterocycles. The number of carbonyl (C=O) groups excluding carboxylic acids is 1. The smallest absolute Gasteiger partial charge is 0.330 e. The van der Waals surface area contributed by atoms with Crippen molar-refractivity contribution < 1.29 is 9.53 Å². The van der Waals surface area contributed by atoms with Gasteiger partial charge in [0.15, 0.2) is 0 Å². The van der Waals surface area contributed by atoms with Crippen molar-refractivity contribution in [1.82, 2.24) is 0 Å². The van der Waals surface area contributed by atoms with E-state index >= 15 is 0 Å². The summed E-state index contributed by atoms with van der Waals surface area (Å²) in [5.41, 5.74) is 5.32. The molecule has 1 aliphatic carbocycles. The fourth-order valence-corrected chi connectivity index (χ4v) is 2.93. The highest BCUT2D eigenvalue weighted by Crippen LogP contribution is 2.40. The summed E-state index contributed by atoms with van der Waals surface area (Å²) in [6, 6.07) is 0. The van der Waals surface area contributed by atoms with E-state index < -0.39 is 0 Å². The van der Waals surface area contributed by atoms with Gasteiger partial charge >= 0.3 is 5.97 Å². The van der Waals surface area contributed by atoms with Crippen molar-refractivity contribution in [1.29, 1.82) is 0 Å². The maximum Gasteiger partial charge on any atom is 0.330 e. The molecule has 0 saturated heterocycles. The number of carbonyl (C=O) groups is 1. The molecule has 0 radical (unpaired) electrons. The summed E-state index contributed by atoms with van der Waals surface area (Å²) in [7, 11) is 1.38. The van der Waals surface area contributed by atoms with E-state index in [9.17, 15) is 4.79 Å². The fraction of sp³-hybridized carbons (Fsp3) is 0.476. The molecule has 2 heteroatoms. The normalized spacial score (nSPS) is 19.7. The standard InChI is InChI=1S/C21H30O2/c1-16(9-7-10-17(2)15-20(22)23-6)12-13-19-18(3)11-8-14-21(19,4)5/h7,9-10,12-13,15H,8,11,14H2,1-6H3/b10-7+,13-12+,16-9+,17-15-. The van der Waals surface area contributed by atoms with Gasteiger partial charge in [-0.15, -0.1) is 0 Å². The lowest BCUT2D eigenvalue weighted by Gasteiger charge is -2.32. The van der Waals surface area contributed by atoms with Crippen molar-refractivity contribution in [3.63, 3.8) is 0 Å². The van der Waals surface area contributed by atoms with Gasteiger partial charge in [0.05, 0.1) is 7.11 Å². The lowest BCUT2D eigenvalue weighted by atomic mass is 9.72. The van der Waals surface area contributed by atoms with Crippen molar-refractivity contribution in [3.05, 3.63) is 58.7 Å². The van der Waals surface area contributed by atoms with Crippen LogP contribution in [0.5, 0.6) is 0 Å². The topological polar surface area (TPSA) is 26.3 Å². The number of hydrogen-bond acceptors (Lipinski definition) is 2. The van der Waals surface area contributed by atoms with Crippen LogP contribution in [-0.4, -0.2) is 13.1 Å². The molecule has 1 rings (SSSR count). The molecule has 0 bridgehead atoms. The number of rotatable bonds is 5. The number of esters is 1. The lowest BCUT2D eigenvalue weighted by molar-refractivity contribution is -0.134. The van der Waals surface area contributed by atoms with Crippen LogP contribution in [0.2, 0.25) is 0 Å². The van der Waals surface area contributed by atoms with Crippen LogP contribution in [0.4, 0.5) is 0 Å². The van der Waals surface area contributed by atoms with Gasteiger partial charge in [0.1, 0.15) is 0 Å². The van der Waals surface area contributed by atoms with E-state index in [2.05, 4.69) is 50.7 Å². The molecule has 0 fully saturated rings. The summed E-state index contributed by atoms with van der Waals surface area (Å²) in [4.78, 5) is 11.1. The lowest BCUT2D eigenvalue weighted by Crippen LogP contribution is -2.19. The molecule has 0 aromatic rings. The Morgan fingerprint density at radius 1 is 1.17 bits per heavy atom. The Morgan fingerprint density at radius 2 is 1.87 bits per heavy atom. The van der Waals surface area contributed by atoms with Crippen LogP contribution in [0.25, 0.3) is 0 Å². The SMILES string of the molecule is COC(=O)\C=C(C)/C=C/C=C(C)/C=C/C1=C(C)CCCC1(C)C. The van der Waals surface area contributed by atoms with E-state index in [0.717, 1.165) is 5.57 Å². The van der Waals surface area contributed by atoms with Crippen LogP contribution in [0, 0.1) is 5.41 Å². The molecule has 1 aliphatic rings. The Labute approximate surface area is 141 Å². The quantitative estimate of drug-likeness (QED) is 0.370. The second kappa shape index (κ2) is 8.71. The van der Waals surface area contributed by atoms with Gasteiger partial charge < -0.3 is 4.74 Å². The molecule has 0 N–H and O–H groups in total. The predicted molar refractivity (Wildman–Crippen MR) is 98.1 cm³/mol. The molecule has 0 aromatic carbocycles. The molecule has 23 heavy (non-hydrogen) atoms. The second-order valence-electron chi connectivity index (χ2n) is 6.95. The molecule has 0 atom stereocenters. The summed E-state index contributed by atoms with van der Waals surface area (Å²) in [6.07, 6.45) is 15.6. The van der Waals surface area contributed by atoms with Gasteiger partial charge in [-0.3, -0.25) is 0 Å². The van der Waals surface area contributed by atoms with Crippen molar-refractivity contribution in [2.75, 3.05) is 7.11 Å². The molecule has 0 amide bonds. The van der Waals surface area contributed by atoms with Gasteiger partial charge in [0, 0.05) is 6.08 Å². The highest BCUT2D eigenvalue weighted by molar-refractivity contribution is 5.83. The fourth-order valence-electron chi connectivity index (χ4n) is 2.93. The molecule has 126 valence electrons. The molecule has 0 aliphatic heterocycles. The maximum atomic E-state index is 11.1. The van der Waals surface area contributed by atoms with Crippen molar-refractivity contribution in [2.45, 2.75) is 53.9 Å². The van der Waals surface area contributed by atoms with Gasteiger partial charge in [-0.1, -0.05) is 55.4 Å². The monoisotopic (exact) mass is 314 g/mol. The van der Waals surface area contributed by atoms with Crippen LogP contribution in [-0.2, 0) is 9.53 Å². The van der Waals surface area contributed by atoms with E-state index in [-0.39, 0.29) is 11.4 Å². The minimum absolute atomic E-state index is 0.273. The average molecular weight is 314 g/mol. The first-order valence-electron chi connectivity index (χ1n) is 8.26. The van der Waals surface area contributed by atoms with Crippen molar-refractivity contribution in [2.24, 2.45) is 5.41 Å². The zero-order valence-electron chi connectivity index (χ0n) is 15.4. The third-order valence-corrected chi connectivity index (χ3v) is 4.32. The minimum Gasteiger partial charge on any atom is -0.466 e. The predicted octanol–water partition coefficient (Wildman–Crippen LogP) is 5.69. The Kier molecular flexibility index (Phi) is 7.28. The highest BCUT2D eigenvalue weighted by atomic mass is 16.5.